The number of nitrogens with zero attached hydrogens (tertiary/aromatic N) is 5. The third-order valence-electron chi connectivity index (χ3n) is 7.70. The summed E-state index contributed by atoms with van der Waals surface area (Å²) in [4.78, 5) is 22.6. The van der Waals surface area contributed by atoms with Crippen LogP contribution in [-0.4, -0.2) is 85.4 Å². The van der Waals surface area contributed by atoms with Gasteiger partial charge in [-0.1, -0.05) is 18.2 Å². The van der Waals surface area contributed by atoms with Gasteiger partial charge in [0.15, 0.2) is 0 Å². The third-order valence-corrected chi connectivity index (χ3v) is 11.3. The number of carbonyl (C=O) groups is 1. The largest absolute Gasteiger partial charge is 1.00 e. The molecule has 0 radical (unpaired) electrons. The third kappa shape index (κ3) is 11.9. The Labute approximate surface area is 407 Å². The van der Waals surface area contributed by atoms with Gasteiger partial charge in [-0.25, -0.2) is 33.7 Å². The van der Waals surface area contributed by atoms with Gasteiger partial charge in [0, 0.05) is 29.4 Å². The zero-order valence-corrected chi connectivity index (χ0v) is 41.1. The zero-order valence-electron chi connectivity index (χ0n) is 31.1. The Kier molecular flexibility index (Phi) is 17.6. The minimum Gasteiger partial charge on any atom is -0.744 e. The van der Waals surface area contributed by atoms with Crippen LogP contribution in [0.2, 0.25) is 5.28 Å². The number of aromatic nitrogens is 3. The van der Waals surface area contributed by atoms with Crippen molar-refractivity contribution in [3.8, 4) is 0 Å². The minimum atomic E-state index is -5.58. The molecule has 294 valence electrons. The number of anilines is 5. The molecule has 1 aliphatic rings. The number of nitrogens with one attached hydrogen (secondary N) is 2. The molecule has 21 nitrogen and oxygen atoms in total. The number of para-hydroxylation sites is 1. The van der Waals surface area contributed by atoms with E-state index >= 15 is 0 Å². The molecule has 0 aliphatic heterocycles. The number of allylic oxidation sites excluding steroid dienone is 1. The summed E-state index contributed by atoms with van der Waals surface area (Å²) in [6.07, 6.45) is 0.776. The molecule has 4 aromatic carbocycles. The van der Waals surface area contributed by atoms with Gasteiger partial charge in [-0.15, -0.1) is 0 Å². The van der Waals surface area contributed by atoms with Crippen LogP contribution in [0.25, 0.3) is 16.8 Å². The van der Waals surface area contributed by atoms with Gasteiger partial charge in [0.1, 0.15) is 46.2 Å². The molecule has 6 rings (SSSR count). The Hall–Kier alpha value is -2.48. The van der Waals surface area contributed by atoms with Gasteiger partial charge in [-0.2, -0.15) is 20.1 Å². The van der Waals surface area contributed by atoms with E-state index in [0.29, 0.717) is 23.9 Å². The number of hydrazone groups is 1. The van der Waals surface area contributed by atoms with E-state index in [4.69, 9.17) is 11.6 Å². The van der Waals surface area contributed by atoms with Crippen LogP contribution in [0.4, 0.5) is 29.0 Å². The number of fused-ring (bicyclic) bond motifs is 2. The number of hydrogen-bond acceptors (Lipinski definition) is 20. The summed E-state index contributed by atoms with van der Waals surface area (Å²) in [5.41, 5.74) is 0.474. The van der Waals surface area contributed by atoms with E-state index in [1.54, 1.807) is 36.2 Å². The smallest absolute Gasteiger partial charge is 0.744 e. The van der Waals surface area contributed by atoms with Gasteiger partial charge in [0.2, 0.25) is 23.0 Å². The minimum absolute atomic E-state index is 0. The second-order valence-electron chi connectivity index (χ2n) is 11.3. The fraction of sp³-hybridized carbons (Fsp3) is 0.0333. The van der Waals surface area contributed by atoms with E-state index in [1.807, 2.05) is 11.5 Å². The summed E-state index contributed by atoms with van der Waals surface area (Å²) in [7, 11) is -20.4. The first kappa shape index (κ1) is 52.7. The van der Waals surface area contributed by atoms with Gasteiger partial charge in [-0.3, -0.25) is 10.2 Å². The van der Waals surface area contributed by atoms with E-state index < -0.39 is 88.0 Å². The molecule has 1 aromatic heterocycles. The maximum absolute atomic E-state index is 13.6. The van der Waals surface area contributed by atoms with Crippen molar-refractivity contribution in [1.29, 1.82) is 0 Å². The molecule has 0 spiro atoms. The van der Waals surface area contributed by atoms with E-state index in [2.05, 4.69) is 25.4 Å². The van der Waals surface area contributed by atoms with Crippen LogP contribution in [0, 0.1) is 0 Å². The molecule has 0 unspecified atom stereocenters. The Balaban J connectivity index is 0.00000300. The summed E-state index contributed by atoms with van der Waals surface area (Å²) >= 11 is 6.13. The molecule has 1 aliphatic carbocycles. The number of rotatable bonds is 10. The Morgan fingerprint density at radius 2 is 1.36 bits per heavy atom. The van der Waals surface area contributed by atoms with Gasteiger partial charge in [0.05, 0.1) is 25.3 Å². The topological polar surface area (TPSA) is 361 Å². The van der Waals surface area contributed by atoms with Crippen molar-refractivity contribution in [3.05, 3.63) is 94.1 Å². The molecule has 1 heterocycles. The molecule has 0 saturated carbocycles. The molecular formula is C30H22ClN8Na3O13S4. The predicted octanol–water partition coefficient (Wildman–Crippen LogP) is -6.16. The normalized spacial score (nSPS) is 13.4. The number of carbonyl (C=O) groups excluding carboxylic acids is 1. The monoisotopic (exact) mass is 934 g/mol. The maximum atomic E-state index is 13.6. The Morgan fingerprint density at radius 1 is 0.729 bits per heavy atom. The van der Waals surface area contributed by atoms with Crippen LogP contribution in [0.5, 0.6) is 0 Å². The zero-order chi connectivity index (χ0) is 40.2. The average molecular weight is 935 g/mol. The Morgan fingerprint density at radius 3 is 1.93 bits per heavy atom. The van der Waals surface area contributed by atoms with Crippen LogP contribution >= 0.6 is 11.6 Å². The summed E-state index contributed by atoms with van der Waals surface area (Å²) in [5, 5.41) is 4.86. The molecule has 0 saturated heterocycles. The van der Waals surface area contributed by atoms with Crippen LogP contribution in [0.15, 0.2) is 97.5 Å². The summed E-state index contributed by atoms with van der Waals surface area (Å²) < 4.78 is 145. The Bertz CT molecular complexity index is 3000. The SMILES string of the molecule is CN(c1ccccc1)c1nc(Cl)nc(Nc2ccc3c(c2)C=C(S(=O)(=O)[O-])/C(=N\Nc2cc4c(S(=O)(=O)[O-])cc(S(=O)(=O)[O-])cc4cc2S(=O)(=O)[O-])C3=O)n1.[NH4+].[Na+].[Na+].[Na+]. The van der Waals surface area contributed by atoms with Crippen molar-refractivity contribution < 1.29 is 145 Å². The van der Waals surface area contributed by atoms with Crippen molar-refractivity contribution in [2.45, 2.75) is 14.7 Å². The van der Waals surface area contributed by atoms with Crippen LogP contribution in [0.1, 0.15) is 15.9 Å². The quantitative estimate of drug-likeness (QED) is 0.0666. The van der Waals surface area contributed by atoms with Crippen LogP contribution in [0.3, 0.4) is 0 Å². The molecule has 0 atom stereocenters. The van der Waals surface area contributed by atoms with Gasteiger partial charge < -0.3 is 34.6 Å². The van der Waals surface area contributed by atoms with E-state index in [0.717, 1.165) is 6.08 Å². The molecule has 0 amide bonds. The molecule has 0 fully saturated rings. The number of halogens is 1. The first-order chi connectivity index (χ1) is 25.5. The molecule has 6 N–H and O–H groups in total. The molecular weight excluding hydrogens is 913 g/mol. The van der Waals surface area contributed by atoms with E-state index in [9.17, 15) is 56.7 Å². The molecule has 5 aromatic rings. The number of benzene rings is 4. The van der Waals surface area contributed by atoms with E-state index in [-0.39, 0.29) is 135 Å². The fourth-order valence-electron chi connectivity index (χ4n) is 5.25. The predicted molar refractivity (Wildman–Crippen MR) is 196 cm³/mol. The number of hydrogen-bond donors (Lipinski definition) is 3. The van der Waals surface area contributed by atoms with E-state index in [1.165, 1.54) is 18.2 Å². The van der Waals surface area contributed by atoms with Crippen molar-refractivity contribution in [3.63, 3.8) is 0 Å². The van der Waals surface area contributed by atoms with Crippen molar-refractivity contribution in [2.75, 3.05) is 22.7 Å². The number of quaternary nitrogens is 1. The van der Waals surface area contributed by atoms with Gasteiger partial charge in [0.25, 0.3) is 0 Å². The number of Topliss-reactive ketones (excluding diaryl/α,β-unsaturated/α-hetero) is 1. The van der Waals surface area contributed by atoms with Gasteiger partial charge >= 0.3 is 88.7 Å². The summed E-state index contributed by atoms with van der Waals surface area (Å²) in [6.45, 7) is 0. The van der Waals surface area contributed by atoms with Crippen molar-refractivity contribution >= 4 is 109 Å². The second kappa shape index (κ2) is 19.7. The van der Waals surface area contributed by atoms with Crippen LogP contribution in [-0.2, 0) is 40.5 Å². The molecule has 59 heavy (non-hydrogen) atoms. The molecule has 29 heteroatoms. The first-order valence-electron chi connectivity index (χ1n) is 14.7. The number of ketones is 1. The summed E-state index contributed by atoms with van der Waals surface area (Å²) in [5.74, 6) is -1.12. The van der Waals surface area contributed by atoms with Crippen molar-refractivity contribution in [1.82, 2.24) is 21.1 Å². The van der Waals surface area contributed by atoms with Crippen LogP contribution < -0.4 is 110 Å². The standard InChI is InChI=1S/C30H22ClN7O13S4.H3N.3Na/c1-38(18-5-3-2-4-6-18)30-34-28(31)33-29(35-30)32-17-7-8-20-15(9-17)12-25(55(49,50)51)26(27(20)39)37-36-22-14-21-16(11-24(22)54(46,47)48)10-19(52(40,41)42)13-23(21)53(43,44)45;;;;/h2-14,36H,1H3,(H,40,41,42)(H,43,44,45)(H,46,47,48)(H,49,50,51)(H,32,33,34,35);1H3;;;/q;;3*+1/p-3/b37-26+;;;;. The fourth-order valence-corrected chi connectivity index (χ4v) is 8.02. The average Bonchev–Trinajstić information content (AvgIpc) is 3.08. The van der Waals surface area contributed by atoms with Gasteiger partial charge in [-0.05, 0) is 83.2 Å². The van der Waals surface area contributed by atoms with Crippen molar-refractivity contribution in [2.24, 2.45) is 5.10 Å². The molecule has 0 bridgehead atoms. The maximum Gasteiger partial charge on any atom is 1.00 e. The summed E-state index contributed by atoms with van der Waals surface area (Å²) in [6, 6.07) is 14.5. The second-order valence-corrected chi connectivity index (χ2v) is 17.0. The first-order valence-corrected chi connectivity index (χ1v) is 20.7.